The lowest BCUT2D eigenvalue weighted by molar-refractivity contribution is 1.04. The van der Waals surface area contributed by atoms with Crippen molar-refractivity contribution in [3.63, 3.8) is 0 Å². The Kier molecular flexibility index (Phi) is 3.37. The van der Waals surface area contributed by atoms with E-state index in [1.54, 1.807) is 0 Å². The third kappa shape index (κ3) is 2.86. The number of nitriles is 1. The Morgan fingerprint density at radius 2 is 1.92 bits per heavy atom. The molecular formula is C9H8N4. The van der Waals surface area contributed by atoms with Crippen molar-refractivity contribution in [1.82, 2.24) is 0 Å². The van der Waals surface area contributed by atoms with Crippen molar-refractivity contribution in [2.45, 2.75) is 13.0 Å². The molecule has 0 heterocycles. The highest BCUT2D eigenvalue weighted by Gasteiger charge is 1.92. The van der Waals surface area contributed by atoms with Crippen molar-refractivity contribution >= 4 is 0 Å². The first kappa shape index (κ1) is 9.11. The maximum absolute atomic E-state index is 8.41. The van der Waals surface area contributed by atoms with Crippen LogP contribution in [0.1, 0.15) is 11.1 Å². The summed E-state index contributed by atoms with van der Waals surface area (Å²) in [5.41, 5.74) is 10.0. The highest BCUT2D eigenvalue weighted by Crippen LogP contribution is 2.05. The molecule has 64 valence electrons. The van der Waals surface area contributed by atoms with E-state index in [1.807, 2.05) is 24.3 Å². The highest BCUT2D eigenvalue weighted by molar-refractivity contribution is 5.24. The van der Waals surface area contributed by atoms with Gasteiger partial charge in [-0.15, -0.1) is 0 Å². The molecule has 1 rings (SSSR count). The first-order chi connectivity index (χ1) is 6.36. The molecule has 4 nitrogen and oxygen atoms in total. The summed E-state index contributed by atoms with van der Waals surface area (Å²) in [6.45, 7) is 0.364. The number of rotatable bonds is 3. The molecule has 0 amide bonds. The summed E-state index contributed by atoms with van der Waals surface area (Å²) in [5, 5.41) is 11.8. The molecule has 0 N–H and O–H groups in total. The van der Waals surface area contributed by atoms with Gasteiger partial charge in [-0.3, -0.25) is 0 Å². The van der Waals surface area contributed by atoms with Crippen LogP contribution in [0.4, 0.5) is 0 Å². The van der Waals surface area contributed by atoms with Gasteiger partial charge in [0.05, 0.1) is 19.0 Å². The standard InChI is InChI=1S/C9H8N4/c10-6-5-8-1-3-9(4-2-8)7-12-13-11/h1-4H,5,7H2. The van der Waals surface area contributed by atoms with Crippen LogP contribution in [-0.2, 0) is 13.0 Å². The Labute approximate surface area is 76.1 Å². The van der Waals surface area contributed by atoms with Crippen LogP contribution in [0.5, 0.6) is 0 Å². The van der Waals surface area contributed by atoms with Crippen molar-refractivity contribution in [1.29, 1.82) is 5.26 Å². The minimum absolute atomic E-state index is 0.364. The fourth-order valence-electron chi connectivity index (χ4n) is 0.967. The summed E-state index contributed by atoms with van der Waals surface area (Å²) < 4.78 is 0. The van der Waals surface area contributed by atoms with E-state index >= 15 is 0 Å². The highest BCUT2D eigenvalue weighted by atomic mass is 15.1. The molecule has 1 aromatic rings. The number of hydrogen-bond acceptors (Lipinski definition) is 2. The molecule has 0 aliphatic carbocycles. The number of hydrogen-bond donors (Lipinski definition) is 0. The molecule has 0 saturated carbocycles. The molecule has 0 fully saturated rings. The SMILES string of the molecule is N#CCc1ccc(CN=[N+]=[N-])cc1. The van der Waals surface area contributed by atoms with Gasteiger partial charge in [-0.1, -0.05) is 29.4 Å². The lowest BCUT2D eigenvalue weighted by Crippen LogP contribution is -1.83. The number of benzene rings is 1. The van der Waals surface area contributed by atoms with Crippen molar-refractivity contribution in [3.05, 3.63) is 45.8 Å². The Balaban J connectivity index is 2.70. The average molecular weight is 172 g/mol. The van der Waals surface area contributed by atoms with Crippen LogP contribution in [0.2, 0.25) is 0 Å². The zero-order chi connectivity index (χ0) is 9.52. The van der Waals surface area contributed by atoms with Crippen LogP contribution in [0.15, 0.2) is 29.4 Å². The average Bonchev–Trinajstić information content (AvgIpc) is 2.17. The Bertz CT molecular complexity index is 354. The van der Waals surface area contributed by atoms with Crippen LogP contribution < -0.4 is 0 Å². The van der Waals surface area contributed by atoms with Crippen LogP contribution in [0, 0.1) is 11.3 Å². The fourth-order valence-corrected chi connectivity index (χ4v) is 0.967. The quantitative estimate of drug-likeness (QED) is 0.392. The summed E-state index contributed by atoms with van der Waals surface area (Å²) >= 11 is 0. The van der Waals surface area contributed by atoms with Gasteiger partial charge in [0.15, 0.2) is 0 Å². The van der Waals surface area contributed by atoms with Gasteiger partial charge in [-0.25, -0.2) is 0 Å². The van der Waals surface area contributed by atoms with Crippen LogP contribution in [-0.4, -0.2) is 0 Å². The molecule has 0 aromatic heterocycles. The molecule has 0 radical (unpaired) electrons. The van der Waals surface area contributed by atoms with Gasteiger partial charge in [0.2, 0.25) is 0 Å². The second-order valence-electron chi connectivity index (χ2n) is 2.54. The van der Waals surface area contributed by atoms with Crippen molar-refractivity contribution in [2.24, 2.45) is 5.11 Å². The van der Waals surface area contributed by atoms with Crippen LogP contribution in [0.25, 0.3) is 10.4 Å². The molecule has 0 unspecified atom stereocenters. The maximum Gasteiger partial charge on any atom is 0.0669 e. The third-order valence-corrected chi connectivity index (χ3v) is 1.62. The summed E-state index contributed by atoms with van der Waals surface area (Å²) in [6.07, 6.45) is 0.418. The fraction of sp³-hybridized carbons (Fsp3) is 0.222. The van der Waals surface area contributed by atoms with Gasteiger partial charge in [-0.2, -0.15) is 5.26 Å². The smallest absolute Gasteiger partial charge is 0.0669 e. The summed E-state index contributed by atoms with van der Waals surface area (Å²) in [6, 6.07) is 9.52. The first-order valence-corrected chi connectivity index (χ1v) is 3.82. The van der Waals surface area contributed by atoms with Crippen LogP contribution >= 0.6 is 0 Å². The molecule has 4 heteroatoms. The predicted octanol–water partition coefficient (Wildman–Crippen LogP) is 2.56. The van der Waals surface area contributed by atoms with Gasteiger partial charge < -0.3 is 0 Å². The van der Waals surface area contributed by atoms with Crippen molar-refractivity contribution in [2.75, 3.05) is 0 Å². The van der Waals surface area contributed by atoms with E-state index in [9.17, 15) is 0 Å². The lowest BCUT2D eigenvalue weighted by Gasteiger charge is -1.96. The van der Waals surface area contributed by atoms with Gasteiger partial charge in [0.1, 0.15) is 0 Å². The van der Waals surface area contributed by atoms with E-state index in [-0.39, 0.29) is 0 Å². The Morgan fingerprint density at radius 3 is 2.46 bits per heavy atom. The van der Waals surface area contributed by atoms with E-state index < -0.39 is 0 Å². The Hall–Kier alpha value is -1.98. The predicted molar refractivity (Wildman–Crippen MR) is 48.6 cm³/mol. The monoisotopic (exact) mass is 172 g/mol. The molecule has 1 aromatic carbocycles. The molecule has 0 aliphatic heterocycles. The first-order valence-electron chi connectivity index (χ1n) is 3.82. The number of nitrogens with zero attached hydrogens (tertiary/aromatic N) is 4. The van der Waals surface area contributed by atoms with E-state index in [0.717, 1.165) is 11.1 Å². The van der Waals surface area contributed by atoms with Crippen LogP contribution in [0.3, 0.4) is 0 Å². The van der Waals surface area contributed by atoms with Crippen molar-refractivity contribution < 1.29 is 0 Å². The molecule has 13 heavy (non-hydrogen) atoms. The van der Waals surface area contributed by atoms with E-state index in [0.29, 0.717) is 13.0 Å². The largest absolute Gasteiger partial charge is 0.198 e. The molecule has 0 bridgehead atoms. The topological polar surface area (TPSA) is 72.5 Å². The molecular weight excluding hydrogens is 164 g/mol. The third-order valence-electron chi connectivity index (χ3n) is 1.62. The zero-order valence-electron chi connectivity index (χ0n) is 7.01. The van der Waals surface area contributed by atoms with E-state index in [4.69, 9.17) is 10.8 Å². The normalized spacial score (nSPS) is 8.54. The summed E-state index contributed by atoms with van der Waals surface area (Å²) in [7, 11) is 0. The van der Waals surface area contributed by atoms with E-state index in [1.165, 1.54) is 0 Å². The second kappa shape index (κ2) is 4.81. The number of azide groups is 1. The zero-order valence-corrected chi connectivity index (χ0v) is 7.01. The minimum atomic E-state index is 0.364. The minimum Gasteiger partial charge on any atom is -0.198 e. The Morgan fingerprint density at radius 1 is 1.31 bits per heavy atom. The van der Waals surface area contributed by atoms with Gasteiger partial charge in [0.25, 0.3) is 0 Å². The lowest BCUT2D eigenvalue weighted by atomic mass is 10.1. The molecule has 0 saturated heterocycles. The van der Waals surface area contributed by atoms with Crippen molar-refractivity contribution in [3.8, 4) is 6.07 Å². The second-order valence-corrected chi connectivity index (χ2v) is 2.54. The summed E-state index contributed by atoms with van der Waals surface area (Å²) in [4.78, 5) is 2.66. The summed E-state index contributed by atoms with van der Waals surface area (Å²) in [5.74, 6) is 0. The molecule has 0 atom stereocenters. The van der Waals surface area contributed by atoms with E-state index in [2.05, 4.69) is 16.1 Å². The van der Waals surface area contributed by atoms with Gasteiger partial charge in [-0.05, 0) is 16.7 Å². The van der Waals surface area contributed by atoms with Gasteiger partial charge in [0, 0.05) is 4.91 Å². The molecule has 0 aliphatic rings. The maximum atomic E-state index is 8.41. The van der Waals surface area contributed by atoms with Gasteiger partial charge >= 0.3 is 0 Å². The molecule has 0 spiro atoms.